The maximum absolute atomic E-state index is 13.3. The van der Waals surface area contributed by atoms with Gasteiger partial charge in [-0.25, -0.2) is 4.98 Å². The number of halogens is 3. The highest BCUT2D eigenvalue weighted by atomic mass is 19.4. The normalized spacial score (nSPS) is 20.9. The van der Waals surface area contributed by atoms with Crippen molar-refractivity contribution < 1.29 is 18.3 Å². The van der Waals surface area contributed by atoms with Crippen LogP contribution in [0.1, 0.15) is 29.2 Å². The maximum Gasteiger partial charge on any atom is 0.416 e. The Morgan fingerprint density at radius 2 is 1.96 bits per heavy atom. The van der Waals surface area contributed by atoms with Gasteiger partial charge in [0.15, 0.2) is 0 Å². The average Bonchev–Trinajstić information content (AvgIpc) is 2.96. The van der Waals surface area contributed by atoms with Gasteiger partial charge in [0.1, 0.15) is 11.9 Å². The molecule has 1 aliphatic heterocycles. The highest BCUT2D eigenvalue weighted by Crippen LogP contribution is 2.41. The van der Waals surface area contributed by atoms with Gasteiger partial charge in [-0.3, -0.25) is 0 Å². The molecule has 0 radical (unpaired) electrons. The molecule has 7 heteroatoms. The number of hydrogen-bond donors (Lipinski definition) is 1. The van der Waals surface area contributed by atoms with Crippen LogP contribution < -0.4 is 4.90 Å². The second-order valence-corrected chi connectivity index (χ2v) is 5.66. The standard InChI is InChI=1S/C17H14F3N3O/c18-17(19,20)14-4-2-1-3-13(14)15-7-12(24)10-23(15)16-6-5-11(8-21)9-22-16/h1-6,9,12,15,24H,7,10H2/t12-,15+/m0/s1. The molecular formula is C17H14F3N3O. The fourth-order valence-electron chi connectivity index (χ4n) is 3.03. The molecule has 0 amide bonds. The molecule has 1 fully saturated rings. The van der Waals surface area contributed by atoms with E-state index in [1.165, 1.54) is 18.3 Å². The molecule has 1 saturated heterocycles. The lowest BCUT2D eigenvalue weighted by molar-refractivity contribution is -0.138. The van der Waals surface area contributed by atoms with Gasteiger partial charge in [-0.2, -0.15) is 18.4 Å². The summed E-state index contributed by atoms with van der Waals surface area (Å²) < 4.78 is 39.9. The van der Waals surface area contributed by atoms with E-state index >= 15 is 0 Å². The fraction of sp³-hybridized carbons (Fsp3) is 0.294. The number of β-amino-alcohol motifs (C(OH)–C–C–N with tert-alkyl or cyclic N) is 1. The molecule has 0 bridgehead atoms. The van der Waals surface area contributed by atoms with Crippen molar-refractivity contribution in [3.8, 4) is 6.07 Å². The first-order valence-electron chi connectivity index (χ1n) is 7.37. The molecule has 4 nitrogen and oxygen atoms in total. The zero-order valence-corrected chi connectivity index (χ0v) is 12.5. The molecule has 2 atom stereocenters. The second kappa shape index (κ2) is 6.13. The summed E-state index contributed by atoms with van der Waals surface area (Å²) in [4.78, 5) is 5.79. The molecule has 1 aromatic carbocycles. The molecule has 0 spiro atoms. The van der Waals surface area contributed by atoms with Gasteiger partial charge < -0.3 is 10.0 Å². The fourth-order valence-corrected chi connectivity index (χ4v) is 3.03. The predicted octanol–water partition coefficient (Wildman–Crippen LogP) is 3.28. The van der Waals surface area contributed by atoms with Crippen LogP contribution in [-0.4, -0.2) is 22.7 Å². The number of aromatic nitrogens is 1. The number of aliphatic hydroxyl groups excluding tert-OH is 1. The van der Waals surface area contributed by atoms with Crippen LogP contribution >= 0.6 is 0 Å². The van der Waals surface area contributed by atoms with E-state index in [0.29, 0.717) is 11.4 Å². The Bertz CT molecular complexity index is 768. The van der Waals surface area contributed by atoms with Crippen LogP contribution in [0, 0.1) is 11.3 Å². The van der Waals surface area contributed by atoms with Crippen LogP contribution in [0.2, 0.25) is 0 Å². The molecular weight excluding hydrogens is 319 g/mol. The van der Waals surface area contributed by atoms with E-state index in [0.717, 1.165) is 6.07 Å². The summed E-state index contributed by atoms with van der Waals surface area (Å²) in [6.07, 6.45) is -3.65. The Hall–Kier alpha value is -2.59. The van der Waals surface area contributed by atoms with Gasteiger partial charge in [0, 0.05) is 12.7 Å². The van der Waals surface area contributed by atoms with Crippen LogP contribution in [-0.2, 0) is 6.18 Å². The third-order valence-electron chi connectivity index (χ3n) is 4.08. The van der Waals surface area contributed by atoms with Crippen molar-refractivity contribution >= 4 is 5.82 Å². The largest absolute Gasteiger partial charge is 0.416 e. The molecule has 124 valence electrons. The zero-order chi connectivity index (χ0) is 17.3. The summed E-state index contributed by atoms with van der Waals surface area (Å²) in [5.41, 5.74) is -0.221. The first kappa shape index (κ1) is 16.3. The number of aliphatic hydroxyl groups is 1. The van der Waals surface area contributed by atoms with Crippen molar-refractivity contribution in [1.29, 1.82) is 5.26 Å². The average molecular weight is 333 g/mol. The molecule has 3 rings (SSSR count). The summed E-state index contributed by atoms with van der Waals surface area (Å²) in [5.74, 6) is 0.438. The summed E-state index contributed by atoms with van der Waals surface area (Å²) in [7, 11) is 0. The van der Waals surface area contributed by atoms with Crippen molar-refractivity contribution in [2.75, 3.05) is 11.4 Å². The highest BCUT2D eigenvalue weighted by Gasteiger charge is 2.40. The summed E-state index contributed by atoms with van der Waals surface area (Å²) in [6.45, 7) is 0.190. The number of hydrogen-bond acceptors (Lipinski definition) is 4. The lowest BCUT2D eigenvalue weighted by Crippen LogP contribution is -2.26. The van der Waals surface area contributed by atoms with Crippen molar-refractivity contribution in [3.05, 3.63) is 59.3 Å². The van der Waals surface area contributed by atoms with Crippen molar-refractivity contribution in [2.24, 2.45) is 0 Å². The second-order valence-electron chi connectivity index (χ2n) is 5.66. The molecule has 1 aromatic heterocycles. The topological polar surface area (TPSA) is 60.2 Å². The molecule has 0 aliphatic carbocycles. The SMILES string of the molecule is N#Cc1ccc(N2C[C@@H](O)C[C@@H]2c2ccccc2C(F)(F)F)nc1. The zero-order valence-electron chi connectivity index (χ0n) is 12.5. The van der Waals surface area contributed by atoms with Crippen molar-refractivity contribution in [3.63, 3.8) is 0 Å². The van der Waals surface area contributed by atoms with Gasteiger partial charge in [0.25, 0.3) is 0 Å². The lowest BCUT2D eigenvalue weighted by atomic mass is 9.97. The minimum atomic E-state index is -4.46. The van der Waals surface area contributed by atoms with Crippen LogP contribution in [0.3, 0.4) is 0 Å². The molecule has 1 N–H and O–H groups in total. The lowest BCUT2D eigenvalue weighted by Gasteiger charge is -2.27. The molecule has 1 aliphatic rings. The number of pyridine rings is 1. The van der Waals surface area contributed by atoms with Crippen LogP contribution in [0.4, 0.5) is 19.0 Å². The minimum absolute atomic E-state index is 0.118. The van der Waals surface area contributed by atoms with E-state index < -0.39 is 23.9 Å². The van der Waals surface area contributed by atoms with Crippen LogP contribution in [0.5, 0.6) is 0 Å². The summed E-state index contributed by atoms with van der Waals surface area (Å²) in [5, 5.41) is 18.8. The van der Waals surface area contributed by atoms with Gasteiger partial charge in [-0.15, -0.1) is 0 Å². The Morgan fingerprint density at radius 3 is 2.58 bits per heavy atom. The third-order valence-corrected chi connectivity index (χ3v) is 4.08. The van der Waals surface area contributed by atoms with Gasteiger partial charge in [0.05, 0.1) is 23.3 Å². The quantitative estimate of drug-likeness (QED) is 0.916. The van der Waals surface area contributed by atoms with Crippen molar-refractivity contribution in [2.45, 2.75) is 24.7 Å². The van der Waals surface area contributed by atoms with Gasteiger partial charge in [-0.05, 0) is 30.2 Å². The summed E-state index contributed by atoms with van der Waals surface area (Å²) in [6, 6.07) is 9.84. The monoisotopic (exact) mass is 333 g/mol. The number of rotatable bonds is 2. The minimum Gasteiger partial charge on any atom is -0.391 e. The number of nitrogens with zero attached hydrogens (tertiary/aromatic N) is 3. The Morgan fingerprint density at radius 1 is 1.21 bits per heavy atom. The van der Waals surface area contributed by atoms with E-state index in [-0.39, 0.29) is 18.5 Å². The molecule has 2 heterocycles. The van der Waals surface area contributed by atoms with E-state index in [9.17, 15) is 18.3 Å². The molecule has 24 heavy (non-hydrogen) atoms. The van der Waals surface area contributed by atoms with Gasteiger partial charge in [-0.1, -0.05) is 18.2 Å². The first-order chi connectivity index (χ1) is 11.4. The highest BCUT2D eigenvalue weighted by molar-refractivity contribution is 5.48. The van der Waals surface area contributed by atoms with E-state index in [1.54, 1.807) is 23.1 Å². The van der Waals surface area contributed by atoms with Gasteiger partial charge >= 0.3 is 6.18 Å². The van der Waals surface area contributed by atoms with E-state index in [2.05, 4.69) is 4.98 Å². The number of benzene rings is 1. The molecule has 2 aromatic rings. The number of alkyl halides is 3. The Kier molecular flexibility index (Phi) is 4.16. The smallest absolute Gasteiger partial charge is 0.391 e. The maximum atomic E-state index is 13.3. The number of anilines is 1. The Labute approximate surface area is 136 Å². The van der Waals surface area contributed by atoms with E-state index in [4.69, 9.17) is 5.26 Å². The summed E-state index contributed by atoms with van der Waals surface area (Å²) >= 11 is 0. The van der Waals surface area contributed by atoms with Crippen molar-refractivity contribution in [1.82, 2.24) is 4.98 Å². The number of nitriles is 1. The molecule has 0 saturated carbocycles. The predicted molar refractivity (Wildman–Crippen MR) is 81.1 cm³/mol. The van der Waals surface area contributed by atoms with E-state index in [1.807, 2.05) is 6.07 Å². The first-order valence-corrected chi connectivity index (χ1v) is 7.37. The van der Waals surface area contributed by atoms with Gasteiger partial charge in [0.2, 0.25) is 0 Å². The third kappa shape index (κ3) is 3.05. The van der Waals surface area contributed by atoms with Crippen LogP contribution in [0.15, 0.2) is 42.6 Å². The Balaban J connectivity index is 2.01. The van der Waals surface area contributed by atoms with Crippen LogP contribution in [0.25, 0.3) is 0 Å². The molecule has 0 unspecified atom stereocenters.